The minimum Gasteiger partial charge on any atom is -0.322 e. The summed E-state index contributed by atoms with van der Waals surface area (Å²) in [6.45, 7) is -0.337. The van der Waals surface area contributed by atoms with E-state index in [0.29, 0.717) is 5.65 Å². The Labute approximate surface area is 179 Å². The number of aryl methyl sites for hydroxylation is 2. The molecule has 0 atom stereocenters. The van der Waals surface area contributed by atoms with E-state index < -0.39 is 17.4 Å². The molecule has 0 spiro atoms. The van der Waals surface area contributed by atoms with Crippen molar-refractivity contribution in [3.05, 3.63) is 56.3 Å². The minimum atomic E-state index is -0.648. The van der Waals surface area contributed by atoms with Crippen molar-refractivity contribution in [2.45, 2.75) is 38.6 Å². The molecule has 0 radical (unpaired) electrons. The van der Waals surface area contributed by atoms with Gasteiger partial charge in [-0.05, 0) is 49.4 Å². The summed E-state index contributed by atoms with van der Waals surface area (Å²) >= 11 is 7.39. The monoisotopic (exact) mass is 445 g/mol. The lowest BCUT2D eigenvalue weighted by molar-refractivity contribution is -0.117. The largest absolute Gasteiger partial charge is 0.352 e. The van der Waals surface area contributed by atoms with E-state index in [-0.39, 0.29) is 17.3 Å². The predicted molar refractivity (Wildman–Crippen MR) is 114 cm³/mol. The number of fused-ring (bicyclic) bond motifs is 5. The molecular weight excluding hydrogens is 429 g/mol. The smallest absolute Gasteiger partial charge is 0.322 e. The molecular formula is C20H17ClFN5O2S. The van der Waals surface area contributed by atoms with Crippen LogP contribution in [0.4, 0.5) is 10.1 Å². The summed E-state index contributed by atoms with van der Waals surface area (Å²) < 4.78 is 16.4. The lowest BCUT2D eigenvalue weighted by Crippen LogP contribution is -2.28. The van der Waals surface area contributed by atoms with Crippen LogP contribution in [0.15, 0.2) is 29.3 Å². The number of carbonyl (C=O) groups is 1. The molecule has 1 aliphatic rings. The number of halogens is 2. The van der Waals surface area contributed by atoms with Gasteiger partial charge in [0.1, 0.15) is 23.5 Å². The maximum atomic E-state index is 13.9. The Hall–Kier alpha value is -2.78. The number of rotatable bonds is 3. The quantitative estimate of drug-likeness (QED) is 0.486. The van der Waals surface area contributed by atoms with E-state index in [2.05, 4.69) is 15.4 Å². The standard InChI is InChI=1S/C20H17ClFN5O2S/c21-11-6-7-14(13(22)8-11)24-16(28)9-27-20(29)26-10-23-19-17(18(26)25-27)12-4-2-1-3-5-15(12)30-19/h6-8,10H,1-5,9H2,(H,24,28). The third-order valence-corrected chi connectivity index (χ3v) is 6.72. The molecule has 1 amide bonds. The van der Waals surface area contributed by atoms with Gasteiger partial charge in [-0.3, -0.25) is 4.79 Å². The van der Waals surface area contributed by atoms with Crippen LogP contribution in [0.1, 0.15) is 29.7 Å². The Morgan fingerprint density at radius 1 is 1.27 bits per heavy atom. The highest BCUT2D eigenvalue weighted by atomic mass is 35.5. The number of nitrogens with one attached hydrogen (secondary N) is 1. The van der Waals surface area contributed by atoms with Crippen molar-refractivity contribution in [2.24, 2.45) is 0 Å². The van der Waals surface area contributed by atoms with Gasteiger partial charge in [0.2, 0.25) is 5.91 Å². The van der Waals surface area contributed by atoms with Crippen molar-refractivity contribution < 1.29 is 9.18 Å². The Balaban J connectivity index is 1.51. The van der Waals surface area contributed by atoms with E-state index in [1.165, 1.54) is 39.7 Å². The van der Waals surface area contributed by atoms with Gasteiger partial charge in [-0.25, -0.2) is 23.3 Å². The molecule has 1 aliphatic carbocycles. The van der Waals surface area contributed by atoms with E-state index in [0.717, 1.165) is 46.6 Å². The number of benzene rings is 1. The number of hydrogen-bond acceptors (Lipinski definition) is 5. The highest BCUT2D eigenvalue weighted by Gasteiger charge is 2.21. The van der Waals surface area contributed by atoms with Crippen molar-refractivity contribution >= 4 is 50.4 Å². The number of amides is 1. The maximum Gasteiger partial charge on any atom is 0.352 e. The number of nitrogens with zero attached hydrogens (tertiary/aromatic N) is 4. The molecule has 1 aromatic carbocycles. The van der Waals surface area contributed by atoms with Gasteiger partial charge in [-0.1, -0.05) is 18.0 Å². The summed E-state index contributed by atoms with van der Waals surface area (Å²) in [5.74, 6) is -1.21. The molecule has 0 bridgehead atoms. The van der Waals surface area contributed by atoms with Gasteiger partial charge in [0, 0.05) is 9.90 Å². The van der Waals surface area contributed by atoms with E-state index in [1.807, 2.05) is 0 Å². The molecule has 0 saturated heterocycles. The first-order valence-corrected chi connectivity index (χ1v) is 10.8. The van der Waals surface area contributed by atoms with Crippen LogP contribution in [0.2, 0.25) is 5.02 Å². The fourth-order valence-corrected chi connectivity index (χ4v) is 5.26. The highest BCUT2D eigenvalue weighted by molar-refractivity contribution is 7.19. The Morgan fingerprint density at radius 3 is 2.93 bits per heavy atom. The van der Waals surface area contributed by atoms with Crippen LogP contribution < -0.4 is 11.0 Å². The van der Waals surface area contributed by atoms with Crippen molar-refractivity contribution in [2.75, 3.05) is 5.32 Å². The van der Waals surface area contributed by atoms with Gasteiger partial charge in [0.15, 0.2) is 5.65 Å². The van der Waals surface area contributed by atoms with Crippen molar-refractivity contribution in [3.63, 3.8) is 0 Å². The minimum absolute atomic E-state index is 0.00609. The molecule has 154 valence electrons. The van der Waals surface area contributed by atoms with Crippen LogP contribution in [0, 0.1) is 5.82 Å². The van der Waals surface area contributed by atoms with Crippen LogP contribution in [0.25, 0.3) is 15.9 Å². The van der Waals surface area contributed by atoms with Gasteiger partial charge in [-0.2, -0.15) is 0 Å². The third kappa shape index (κ3) is 3.27. The molecule has 3 aromatic heterocycles. The Bertz CT molecular complexity index is 1360. The molecule has 1 N–H and O–H groups in total. The van der Waals surface area contributed by atoms with E-state index in [4.69, 9.17) is 11.6 Å². The molecule has 5 rings (SSSR count). The Morgan fingerprint density at radius 2 is 2.10 bits per heavy atom. The van der Waals surface area contributed by atoms with Crippen molar-refractivity contribution in [3.8, 4) is 0 Å². The molecule has 4 aromatic rings. The lowest BCUT2D eigenvalue weighted by atomic mass is 10.1. The van der Waals surface area contributed by atoms with Crippen LogP contribution in [0.5, 0.6) is 0 Å². The van der Waals surface area contributed by atoms with Crippen molar-refractivity contribution in [1.82, 2.24) is 19.2 Å². The van der Waals surface area contributed by atoms with Crippen LogP contribution >= 0.6 is 22.9 Å². The second-order valence-electron chi connectivity index (χ2n) is 7.30. The number of aromatic nitrogens is 4. The summed E-state index contributed by atoms with van der Waals surface area (Å²) in [5, 5.41) is 8.01. The molecule has 3 heterocycles. The first-order chi connectivity index (χ1) is 14.5. The van der Waals surface area contributed by atoms with Crippen LogP contribution in [-0.2, 0) is 24.2 Å². The van der Waals surface area contributed by atoms with Gasteiger partial charge in [0.25, 0.3) is 0 Å². The fraction of sp³-hybridized carbons (Fsp3) is 0.300. The summed E-state index contributed by atoms with van der Waals surface area (Å²) in [6, 6.07) is 3.96. The maximum absolute atomic E-state index is 13.9. The van der Waals surface area contributed by atoms with E-state index >= 15 is 0 Å². The molecule has 30 heavy (non-hydrogen) atoms. The Kier molecular flexibility index (Phi) is 4.79. The van der Waals surface area contributed by atoms with E-state index in [9.17, 15) is 14.0 Å². The van der Waals surface area contributed by atoms with Crippen LogP contribution in [0.3, 0.4) is 0 Å². The molecule has 7 nitrogen and oxygen atoms in total. The average molecular weight is 446 g/mol. The number of carbonyl (C=O) groups excluding carboxylic acids is 1. The predicted octanol–water partition coefficient (Wildman–Crippen LogP) is 3.81. The number of anilines is 1. The second kappa shape index (κ2) is 7.48. The highest BCUT2D eigenvalue weighted by Crippen LogP contribution is 2.35. The zero-order valence-corrected chi connectivity index (χ0v) is 17.4. The summed E-state index contributed by atoms with van der Waals surface area (Å²) in [7, 11) is 0. The average Bonchev–Trinajstić information content (AvgIpc) is 3.11. The molecule has 0 fully saturated rings. The molecule has 0 unspecified atom stereocenters. The zero-order chi connectivity index (χ0) is 20.8. The van der Waals surface area contributed by atoms with E-state index in [1.54, 1.807) is 11.3 Å². The molecule has 0 aliphatic heterocycles. The first-order valence-electron chi connectivity index (χ1n) is 9.64. The molecule has 10 heteroatoms. The SMILES string of the molecule is O=C(Cn1nc2c3c4c(sc3ncn2c1=O)CCCCC4)Nc1ccc(Cl)cc1F. The van der Waals surface area contributed by atoms with Gasteiger partial charge >= 0.3 is 5.69 Å². The zero-order valence-electron chi connectivity index (χ0n) is 15.8. The normalized spacial score (nSPS) is 14.1. The van der Waals surface area contributed by atoms with Crippen molar-refractivity contribution in [1.29, 1.82) is 0 Å². The van der Waals surface area contributed by atoms with Gasteiger partial charge < -0.3 is 5.32 Å². The molecule has 0 saturated carbocycles. The van der Waals surface area contributed by atoms with Gasteiger partial charge in [-0.15, -0.1) is 16.4 Å². The summed E-state index contributed by atoms with van der Waals surface area (Å²) in [5.41, 5.74) is 1.26. The fourth-order valence-electron chi connectivity index (χ4n) is 3.87. The number of hydrogen-bond donors (Lipinski definition) is 1. The lowest BCUT2D eigenvalue weighted by Gasteiger charge is -2.06. The summed E-state index contributed by atoms with van der Waals surface area (Å²) in [4.78, 5) is 31.8. The topological polar surface area (TPSA) is 81.3 Å². The summed E-state index contributed by atoms with van der Waals surface area (Å²) in [6.07, 6.45) is 6.84. The first kappa shape index (κ1) is 19.2. The van der Waals surface area contributed by atoms with Crippen LogP contribution in [-0.4, -0.2) is 25.1 Å². The van der Waals surface area contributed by atoms with Gasteiger partial charge in [0.05, 0.1) is 11.1 Å². The second-order valence-corrected chi connectivity index (χ2v) is 8.82. The third-order valence-electron chi connectivity index (χ3n) is 5.29. The number of thiophene rings is 1.